The lowest BCUT2D eigenvalue weighted by molar-refractivity contribution is 0.0949. The maximum absolute atomic E-state index is 12.1. The summed E-state index contributed by atoms with van der Waals surface area (Å²) in [5.41, 5.74) is 0.484. The van der Waals surface area contributed by atoms with E-state index in [4.69, 9.17) is 11.6 Å². The van der Waals surface area contributed by atoms with Gasteiger partial charge in [-0.15, -0.1) is 0 Å². The molecule has 18 heavy (non-hydrogen) atoms. The van der Waals surface area contributed by atoms with Crippen LogP contribution in [0.4, 0.5) is 5.82 Å². The molecule has 2 rings (SSSR count). The van der Waals surface area contributed by atoms with Crippen LogP contribution in [0.15, 0.2) is 12.3 Å². The maximum atomic E-state index is 12.1. The lowest BCUT2D eigenvalue weighted by atomic mass is 10.2. The third kappa shape index (κ3) is 2.93. The van der Waals surface area contributed by atoms with Gasteiger partial charge >= 0.3 is 0 Å². The van der Waals surface area contributed by atoms with Crippen LogP contribution in [0.5, 0.6) is 0 Å². The largest absolute Gasteiger partial charge is 0.373 e. The quantitative estimate of drug-likeness (QED) is 0.862. The number of carbonyl (C=O) groups excluding carboxylic acids is 1. The molecule has 2 atom stereocenters. The second kappa shape index (κ2) is 5.57. The number of nitrogens with zero attached hydrogens (tertiary/aromatic N) is 1. The van der Waals surface area contributed by atoms with Crippen molar-refractivity contribution in [1.82, 2.24) is 10.3 Å². The van der Waals surface area contributed by atoms with Crippen LogP contribution in [0.1, 0.15) is 36.5 Å². The number of rotatable bonds is 5. The summed E-state index contributed by atoms with van der Waals surface area (Å²) in [6.07, 6.45) is 4.92. The Balaban J connectivity index is 2.01. The van der Waals surface area contributed by atoms with Crippen LogP contribution < -0.4 is 10.6 Å². The van der Waals surface area contributed by atoms with Crippen molar-refractivity contribution in [3.8, 4) is 0 Å². The van der Waals surface area contributed by atoms with Crippen molar-refractivity contribution in [1.29, 1.82) is 0 Å². The number of nitrogens with one attached hydrogen (secondary N) is 2. The number of hydrogen-bond acceptors (Lipinski definition) is 3. The van der Waals surface area contributed by atoms with Gasteiger partial charge in [-0.25, -0.2) is 4.98 Å². The van der Waals surface area contributed by atoms with Crippen LogP contribution in [0.25, 0.3) is 0 Å². The van der Waals surface area contributed by atoms with Crippen LogP contribution in [0.2, 0.25) is 5.02 Å². The monoisotopic (exact) mass is 267 g/mol. The molecule has 1 aromatic heterocycles. The van der Waals surface area contributed by atoms with Gasteiger partial charge in [-0.05, 0) is 24.8 Å². The molecule has 98 valence electrons. The summed E-state index contributed by atoms with van der Waals surface area (Å²) in [5, 5.41) is 6.30. The van der Waals surface area contributed by atoms with Gasteiger partial charge in [0, 0.05) is 19.3 Å². The summed E-state index contributed by atoms with van der Waals surface area (Å²) in [5.74, 6) is 1.18. The molecule has 0 bridgehead atoms. The molecule has 1 aliphatic carbocycles. The molecule has 1 aliphatic rings. The van der Waals surface area contributed by atoms with Gasteiger partial charge in [0.05, 0.1) is 10.6 Å². The standard InChI is InChI=1S/C13H18ClN3O/c1-3-4-8-5-11(8)17-13(18)9-6-12(15-2)16-7-10(9)14/h6-8,11H,3-5H2,1-2H3,(H,15,16)(H,17,18). The van der Waals surface area contributed by atoms with E-state index < -0.39 is 0 Å². The molecule has 1 heterocycles. The normalized spacial score (nSPS) is 21.5. The van der Waals surface area contributed by atoms with Crippen molar-refractivity contribution in [3.63, 3.8) is 0 Å². The van der Waals surface area contributed by atoms with Crippen LogP contribution in [-0.2, 0) is 0 Å². The maximum Gasteiger partial charge on any atom is 0.253 e. The molecule has 2 unspecified atom stereocenters. The Labute approximate surface area is 112 Å². The lowest BCUT2D eigenvalue weighted by Gasteiger charge is -2.08. The fourth-order valence-electron chi connectivity index (χ4n) is 2.11. The number of amides is 1. The van der Waals surface area contributed by atoms with Crippen molar-refractivity contribution in [2.24, 2.45) is 5.92 Å². The third-order valence-electron chi connectivity index (χ3n) is 3.25. The second-order valence-corrected chi connectivity index (χ2v) is 5.07. The van der Waals surface area contributed by atoms with E-state index in [1.807, 2.05) is 0 Å². The molecule has 1 aromatic rings. The van der Waals surface area contributed by atoms with Crippen LogP contribution in [0.3, 0.4) is 0 Å². The van der Waals surface area contributed by atoms with Gasteiger partial charge in [-0.3, -0.25) is 4.79 Å². The number of anilines is 1. The highest BCUT2D eigenvalue weighted by Gasteiger charge is 2.37. The summed E-state index contributed by atoms with van der Waals surface area (Å²) in [6, 6.07) is 1.99. The average molecular weight is 268 g/mol. The zero-order valence-electron chi connectivity index (χ0n) is 10.7. The van der Waals surface area contributed by atoms with Crippen molar-refractivity contribution < 1.29 is 4.79 Å². The first-order chi connectivity index (χ1) is 8.65. The molecule has 5 heteroatoms. The van der Waals surface area contributed by atoms with E-state index in [1.54, 1.807) is 13.1 Å². The van der Waals surface area contributed by atoms with Crippen LogP contribution >= 0.6 is 11.6 Å². The first kappa shape index (κ1) is 13.1. The van der Waals surface area contributed by atoms with Crippen molar-refractivity contribution in [2.45, 2.75) is 32.2 Å². The van der Waals surface area contributed by atoms with Gasteiger partial charge in [0.15, 0.2) is 0 Å². The Bertz CT molecular complexity index is 450. The van der Waals surface area contributed by atoms with E-state index in [1.165, 1.54) is 12.6 Å². The summed E-state index contributed by atoms with van der Waals surface area (Å²) in [4.78, 5) is 16.1. The van der Waals surface area contributed by atoms with Crippen LogP contribution in [-0.4, -0.2) is 24.0 Å². The minimum absolute atomic E-state index is 0.109. The SMILES string of the molecule is CCCC1CC1NC(=O)c1cc(NC)ncc1Cl. The molecule has 4 nitrogen and oxygen atoms in total. The molecule has 0 aromatic carbocycles. The van der Waals surface area contributed by atoms with E-state index in [0.29, 0.717) is 28.4 Å². The Kier molecular flexibility index (Phi) is 4.07. The summed E-state index contributed by atoms with van der Waals surface area (Å²) in [6.45, 7) is 2.16. The summed E-state index contributed by atoms with van der Waals surface area (Å²) < 4.78 is 0. The Morgan fingerprint density at radius 2 is 2.39 bits per heavy atom. The number of hydrogen-bond donors (Lipinski definition) is 2. The highest BCUT2D eigenvalue weighted by Crippen LogP contribution is 2.35. The number of halogens is 1. The smallest absolute Gasteiger partial charge is 0.253 e. The lowest BCUT2D eigenvalue weighted by Crippen LogP contribution is -2.27. The number of pyridine rings is 1. The molecule has 1 saturated carbocycles. The number of carbonyl (C=O) groups is 1. The van der Waals surface area contributed by atoms with Gasteiger partial charge in [0.25, 0.3) is 5.91 Å². The molecule has 0 saturated heterocycles. The zero-order valence-corrected chi connectivity index (χ0v) is 11.4. The molecule has 0 aliphatic heterocycles. The van der Waals surface area contributed by atoms with E-state index in [9.17, 15) is 4.79 Å². The van der Waals surface area contributed by atoms with Gasteiger partial charge < -0.3 is 10.6 Å². The third-order valence-corrected chi connectivity index (χ3v) is 3.56. The highest BCUT2D eigenvalue weighted by atomic mass is 35.5. The minimum Gasteiger partial charge on any atom is -0.373 e. The van der Waals surface area contributed by atoms with Gasteiger partial charge in [0.2, 0.25) is 0 Å². The van der Waals surface area contributed by atoms with E-state index in [0.717, 1.165) is 12.8 Å². The Morgan fingerprint density at radius 1 is 1.61 bits per heavy atom. The number of aromatic nitrogens is 1. The Morgan fingerprint density at radius 3 is 3.06 bits per heavy atom. The van der Waals surface area contributed by atoms with E-state index >= 15 is 0 Å². The predicted octanol–water partition coefficient (Wildman–Crippen LogP) is 2.70. The first-order valence-electron chi connectivity index (χ1n) is 6.29. The minimum atomic E-state index is -0.109. The molecule has 0 radical (unpaired) electrons. The molecule has 1 amide bonds. The topological polar surface area (TPSA) is 54.0 Å². The molecular weight excluding hydrogens is 250 g/mol. The fourth-order valence-corrected chi connectivity index (χ4v) is 2.30. The summed E-state index contributed by atoms with van der Waals surface area (Å²) in [7, 11) is 1.76. The molecule has 0 spiro atoms. The van der Waals surface area contributed by atoms with Gasteiger partial charge in [-0.1, -0.05) is 24.9 Å². The van der Waals surface area contributed by atoms with Gasteiger partial charge in [0.1, 0.15) is 5.82 Å². The van der Waals surface area contributed by atoms with E-state index in [2.05, 4.69) is 22.5 Å². The summed E-state index contributed by atoms with van der Waals surface area (Å²) >= 11 is 6.00. The van der Waals surface area contributed by atoms with Gasteiger partial charge in [-0.2, -0.15) is 0 Å². The second-order valence-electron chi connectivity index (χ2n) is 4.66. The average Bonchev–Trinajstić information content (AvgIpc) is 3.08. The van der Waals surface area contributed by atoms with Crippen LogP contribution in [0, 0.1) is 5.92 Å². The van der Waals surface area contributed by atoms with Crippen molar-refractivity contribution >= 4 is 23.3 Å². The zero-order chi connectivity index (χ0) is 13.1. The highest BCUT2D eigenvalue weighted by molar-refractivity contribution is 6.33. The predicted molar refractivity (Wildman–Crippen MR) is 73.1 cm³/mol. The van der Waals surface area contributed by atoms with Crippen molar-refractivity contribution in [2.75, 3.05) is 12.4 Å². The molecular formula is C13H18ClN3O. The fraction of sp³-hybridized carbons (Fsp3) is 0.538. The molecule has 1 fully saturated rings. The molecule has 2 N–H and O–H groups in total. The Hall–Kier alpha value is -1.29. The first-order valence-corrected chi connectivity index (χ1v) is 6.67. The van der Waals surface area contributed by atoms with E-state index in [-0.39, 0.29) is 5.91 Å². The van der Waals surface area contributed by atoms with Crippen molar-refractivity contribution in [3.05, 3.63) is 22.8 Å².